The Morgan fingerprint density at radius 1 is 1.23 bits per heavy atom. The molecular formula is C17H10Br2Cl2N2O2S. The first kappa shape index (κ1) is 19.8. The van der Waals surface area contributed by atoms with Gasteiger partial charge in [-0.2, -0.15) is 0 Å². The van der Waals surface area contributed by atoms with Crippen LogP contribution >= 0.6 is 66.8 Å². The first-order valence-corrected chi connectivity index (χ1v) is 10.3. The molecule has 0 spiro atoms. The van der Waals surface area contributed by atoms with Crippen LogP contribution in [-0.2, 0) is 4.79 Å². The number of carbonyl (C=O) groups is 1. The average molecular weight is 537 g/mol. The van der Waals surface area contributed by atoms with Crippen LogP contribution in [0.1, 0.15) is 5.56 Å². The number of nitrogens with zero attached hydrogens (tertiary/aromatic N) is 1. The number of hydrogen-bond donors (Lipinski definition) is 1. The molecule has 4 nitrogen and oxygen atoms in total. The normalized spacial score (nSPS) is 17.0. The molecule has 0 radical (unpaired) electrons. The van der Waals surface area contributed by atoms with Gasteiger partial charge in [-0.05, 0) is 79.5 Å². The number of amides is 1. The summed E-state index contributed by atoms with van der Waals surface area (Å²) in [5, 5.41) is 3.92. The number of nitrogens with one attached hydrogen (secondary N) is 1. The van der Waals surface area contributed by atoms with Crippen LogP contribution in [0.3, 0.4) is 0 Å². The van der Waals surface area contributed by atoms with E-state index in [1.807, 2.05) is 12.1 Å². The number of rotatable bonds is 3. The van der Waals surface area contributed by atoms with Crippen molar-refractivity contribution in [2.75, 3.05) is 7.11 Å². The number of methoxy groups -OCH3 is 1. The molecule has 1 fully saturated rings. The molecule has 2 aromatic carbocycles. The molecule has 1 aliphatic rings. The van der Waals surface area contributed by atoms with Crippen LogP contribution in [-0.4, -0.2) is 18.2 Å². The quantitative estimate of drug-likeness (QED) is 0.461. The van der Waals surface area contributed by atoms with Gasteiger partial charge in [0.15, 0.2) is 5.17 Å². The summed E-state index contributed by atoms with van der Waals surface area (Å²) in [5.74, 6) is 0.462. The van der Waals surface area contributed by atoms with Gasteiger partial charge in [-0.25, -0.2) is 4.99 Å². The third-order valence-corrected chi connectivity index (χ3v) is 6.22. The zero-order valence-corrected chi connectivity index (χ0v) is 18.6. The molecule has 0 bridgehead atoms. The molecular weight excluding hydrogens is 527 g/mol. The van der Waals surface area contributed by atoms with Crippen molar-refractivity contribution < 1.29 is 9.53 Å². The van der Waals surface area contributed by atoms with Crippen LogP contribution in [0.2, 0.25) is 10.0 Å². The number of carbonyl (C=O) groups excluding carboxylic acids is 1. The van der Waals surface area contributed by atoms with E-state index in [9.17, 15) is 4.79 Å². The van der Waals surface area contributed by atoms with Gasteiger partial charge < -0.3 is 10.1 Å². The summed E-state index contributed by atoms with van der Waals surface area (Å²) in [4.78, 5) is 17.1. The van der Waals surface area contributed by atoms with Crippen LogP contribution in [0.25, 0.3) is 6.08 Å². The molecule has 2 aromatic rings. The van der Waals surface area contributed by atoms with Crippen molar-refractivity contribution in [3.63, 3.8) is 0 Å². The highest BCUT2D eigenvalue weighted by atomic mass is 79.9. The lowest BCUT2D eigenvalue weighted by atomic mass is 10.2. The zero-order valence-electron chi connectivity index (χ0n) is 13.1. The van der Waals surface area contributed by atoms with Crippen molar-refractivity contribution in [3.8, 4) is 5.75 Å². The highest BCUT2D eigenvalue weighted by molar-refractivity contribution is 9.11. The first-order chi connectivity index (χ1) is 12.4. The second kappa shape index (κ2) is 8.35. The maximum absolute atomic E-state index is 12.2. The van der Waals surface area contributed by atoms with Crippen molar-refractivity contribution >= 4 is 89.7 Å². The second-order valence-corrected chi connectivity index (χ2v) is 8.60. The van der Waals surface area contributed by atoms with E-state index in [1.54, 1.807) is 31.4 Å². The van der Waals surface area contributed by atoms with Crippen molar-refractivity contribution in [1.82, 2.24) is 5.32 Å². The van der Waals surface area contributed by atoms with E-state index in [0.29, 0.717) is 31.6 Å². The average Bonchev–Trinajstić information content (AvgIpc) is 2.91. The summed E-state index contributed by atoms with van der Waals surface area (Å²) in [7, 11) is 1.59. The lowest BCUT2D eigenvalue weighted by Crippen LogP contribution is -2.19. The standard InChI is InChI=1S/C17H10Br2Cl2N2O2S/c1-25-15-9(18)5-8(6-10(15)19)7-13-16(24)23-17(26-13)22-12-4-2-3-11(20)14(12)21/h2-7H,1H3,(H,22,23,24)/b13-7-. The van der Waals surface area contributed by atoms with Gasteiger partial charge in [-0.1, -0.05) is 29.3 Å². The number of hydrogen-bond acceptors (Lipinski definition) is 4. The van der Waals surface area contributed by atoms with E-state index >= 15 is 0 Å². The lowest BCUT2D eigenvalue weighted by Gasteiger charge is -2.07. The summed E-state index contributed by atoms with van der Waals surface area (Å²) < 4.78 is 6.85. The molecule has 3 rings (SSSR count). The van der Waals surface area contributed by atoms with Crippen molar-refractivity contribution in [2.24, 2.45) is 4.99 Å². The van der Waals surface area contributed by atoms with Crippen LogP contribution in [0.4, 0.5) is 5.69 Å². The summed E-state index contributed by atoms with van der Waals surface area (Å²) in [6, 6.07) is 8.89. The van der Waals surface area contributed by atoms with E-state index in [2.05, 4.69) is 42.2 Å². The molecule has 9 heteroatoms. The second-order valence-electron chi connectivity index (χ2n) is 5.07. The number of thioether (sulfide) groups is 1. The number of amidine groups is 1. The van der Waals surface area contributed by atoms with Gasteiger partial charge in [0.1, 0.15) is 5.75 Å². The molecule has 0 saturated carbocycles. The Hall–Kier alpha value is -0.990. The third kappa shape index (κ3) is 4.28. The molecule has 1 aliphatic heterocycles. The van der Waals surface area contributed by atoms with Gasteiger partial charge in [-0.15, -0.1) is 0 Å². The SMILES string of the molecule is COc1c(Br)cc(/C=C2\SC(=Nc3cccc(Cl)c3Cl)NC2=O)cc1Br. The van der Waals surface area contributed by atoms with Gasteiger partial charge >= 0.3 is 0 Å². The Kier molecular flexibility index (Phi) is 6.35. The fourth-order valence-corrected chi connectivity index (χ4v) is 4.90. The monoisotopic (exact) mass is 534 g/mol. The molecule has 1 heterocycles. The number of halogens is 4. The minimum Gasteiger partial charge on any atom is -0.494 e. The van der Waals surface area contributed by atoms with Gasteiger partial charge in [-0.3, -0.25) is 4.79 Å². The minimum absolute atomic E-state index is 0.227. The van der Waals surface area contributed by atoms with Gasteiger partial charge in [0.25, 0.3) is 5.91 Å². The number of benzene rings is 2. The topological polar surface area (TPSA) is 50.7 Å². The van der Waals surface area contributed by atoms with Crippen LogP contribution < -0.4 is 10.1 Å². The fourth-order valence-electron chi connectivity index (χ4n) is 2.18. The highest BCUT2D eigenvalue weighted by Gasteiger charge is 2.24. The summed E-state index contributed by atoms with van der Waals surface area (Å²) in [5.41, 5.74) is 1.34. The molecule has 26 heavy (non-hydrogen) atoms. The Balaban J connectivity index is 1.89. The van der Waals surface area contributed by atoms with Crippen LogP contribution in [0.15, 0.2) is 49.2 Å². The summed E-state index contributed by atoms with van der Waals surface area (Å²) in [6.07, 6.45) is 1.77. The third-order valence-electron chi connectivity index (χ3n) is 3.33. The lowest BCUT2D eigenvalue weighted by molar-refractivity contribution is -0.115. The predicted octanol–water partition coefficient (Wildman–Crippen LogP) is 6.42. The minimum atomic E-state index is -0.227. The number of ether oxygens (including phenoxy) is 1. The molecule has 134 valence electrons. The molecule has 0 atom stereocenters. The summed E-state index contributed by atoms with van der Waals surface area (Å²) in [6.45, 7) is 0. The Morgan fingerprint density at radius 3 is 2.58 bits per heavy atom. The smallest absolute Gasteiger partial charge is 0.264 e. The van der Waals surface area contributed by atoms with E-state index in [0.717, 1.165) is 14.5 Å². The molecule has 1 saturated heterocycles. The van der Waals surface area contributed by atoms with E-state index in [-0.39, 0.29) is 5.91 Å². The Labute approximate surface area is 181 Å². The summed E-state index contributed by atoms with van der Waals surface area (Å²) >= 11 is 20.3. The molecule has 0 aliphatic carbocycles. The van der Waals surface area contributed by atoms with E-state index in [1.165, 1.54) is 11.8 Å². The van der Waals surface area contributed by atoms with Gasteiger partial charge in [0, 0.05) is 0 Å². The van der Waals surface area contributed by atoms with Crippen LogP contribution in [0, 0.1) is 0 Å². The molecule has 0 unspecified atom stereocenters. The zero-order chi connectivity index (χ0) is 18.8. The number of aliphatic imine (C=N–C) groups is 1. The largest absolute Gasteiger partial charge is 0.494 e. The maximum atomic E-state index is 12.2. The van der Waals surface area contributed by atoms with Gasteiger partial charge in [0.05, 0.1) is 36.7 Å². The Morgan fingerprint density at radius 2 is 1.92 bits per heavy atom. The van der Waals surface area contributed by atoms with Crippen molar-refractivity contribution in [2.45, 2.75) is 0 Å². The van der Waals surface area contributed by atoms with Crippen LogP contribution in [0.5, 0.6) is 5.75 Å². The van der Waals surface area contributed by atoms with Crippen molar-refractivity contribution in [3.05, 3.63) is 59.8 Å². The predicted molar refractivity (Wildman–Crippen MR) is 116 cm³/mol. The molecule has 0 aromatic heterocycles. The van der Waals surface area contributed by atoms with E-state index < -0.39 is 0 Å². The molecule has 1 N–H and O–H groups in total. The highest BCUT2D eigenvalue weighted by Crippen LogP contribution is 2.37. The first-order valence-electron chi connectivity index (χ1n) is 7.15. The van der Waals surface area contributed by atoms with Gasteiger partial charge in [0.2, 0.25) is 0 Å². The van der Waals surface area contributed by atoms with Crippen molar-refractivity contribution in [1.29, 1.82) is 0 Å². The maximum Gasteiger partial charge on any atom is 0.264 e. The Bertz CT molecular complexity index is 941. The van der Waals surface area contributed by atoms with E-state index in [4.69, 9.17) is 27.9 Å². The fraction of sp³-hybridized carbons (Fsp3) is 0.0588. The molecule has 1 amide bonds.